The van der Waals surface area contributed by atoms with E-state index in [-0.39, 0.29) is 0 Å². The number of aryl methyl sites for hydroxylation is 1. The summed E-state index contributed by atoms with van der Waals surface area (Å²) >= 11 is 0. The molecule has 2 rings (SSSR count). The minimum Gasteiger partial charge on any atom is -0.464 e. The average molecular weight is 162 g/mol. The van der Waals surface area contributed by atoms with Crippen molar-refractivity contribution >= 4 is 11.0 Å². The third-order valence-corrected chi connectivity index (χ3v) is 1.61. The predicted octanol–water partition coefficient (Wildman–Crippen LogP) is 3.77. The quantitative estimate of drug-likeness (QED) is 0.574. The standard InChI is InChI=1S/C9H8O.C2H6/c1-7-2-3-8-4-5-10-9(8)6-7;1-2/h2-6H,1H3;1-2H3. The first-order valence-electron chi connectivity index (χ1n) is 4.30. The highest BCUT2D eigenvalue weighted by atomic mass is 16.3. The highest BCUT2D eigenvalue weighted by Crippen LogP contribution is 2.15. The van der Waals surface area contributed by atoms with E-state index in [1.807, 2.05) is 26.0 Å². The van der Waals surface area contributed by atoms with Crippen molar-refractivity contribution in [3.8, 4) is 0 Å². The van der Waals surface area contributed by atoms with E-state index in [0.29, 0.717) is 0 Å². The zero-order valence-electron chi connectivity index (χ0n) is 7.79. The van der Waals surface area contributed by atoms with Crippen molar-refractivity contribution in [3.63, 3.8) is 0 Å². The zero-order chi connectivity index (χ0) is 8.97. The molecule has 0 bridgehead atoms. The van der Waals surface area contributed by atoms with Crippen LogP contribution < -0.4 is 0 Å². The van der Waals surface area contributed by atoms with Gasteiger partial charge in [-0.1, -0.05) is 26.0 Å². The summed E-state index contributed by atoms with van der Waals surface area (Å²) in [6.45, 7) is 6.06. The van der Waals surface area contributed by atoms with Crippen LogP contribution in [-0.2, 0) is 0 Å². The van der Waals surface area contributed by atoms with Crippen molar-refractivity contribution in [3.05, 3.63) is 36.1 Å². The summed E-state index contributed by atoms with van der Waals surface area (Å²) in [4.78, 5) is 0. The Hall–Kier alpha value is -1.24. The number of hydrogen-bond donors (Lipinski definition) is 0. The molecule has 0 saturated heterocycles. The summed E-state index contributed by atoms with van der Waals surface area (Å²) in [5.74, 6) is 0. The molecule has 0 amide bonds. The maximum Gasteiger partial charge on any atom is 0.134 e. The van der Waals surface area contributed by atoms with Crippen LogP contribution in [-0.4, -0.2) is 0 Å². The van der Waals surface area contributed by atoms with Crippen LogP contribution in [0.2, 0.25) is 0 Å². The third-order valence-electron chi connectivity index (χ3n) is 1.61. The number of hydrogen-bond acceptors (Lipinski definition) is 1. The minimum atomic E-state index is 0.972. The third kappa shape index (κ3) is 1.67. The van der Waals surface area contributed by atoms with E-state index in [1.54, 1.807) is 6.26 Å². The average Bonchev–Trinajstić information content (AvgIpc) is 2.54. The van der Waals surface area contributed by atoms with Crippen LogP contribution in [0.25, 0.3) is 11.0 Å². The molecule has 0 aliphatic heterocycles. The highest BCUT2D eigenvalue weighted by molar-refractivity contribution is 5.77. The molecule has 1 aromatic carbocycles. The van der Waals surface area contributed by atoms with Gasteiger partial charge in [-0.15, -0.1) is 0 Å². The molecule has 1 nitrogen and oxygen atoms in total. The Bertz CT molecular complexity index is 347. The summed E-state index contributed by atoms with van der Waals surface area (Å²) in [6.07, 6.45) is 1.71. The topological polar surface area (TPSA) is 13.1 Å². The lowest BCUT2D eigenvalue weighted by Gasteiger charge is -1.89. The lowest BCUT2D eigenvalue weighted by Crippen LogP contribution is -1.67. The Kier molecular flexibility index (Phi) is 2.92. The first kappa shape index (κ1) is 8.85. The summed E-state index contributed by atoms with van der Waals surface area (Å²) in [6, 6.07) is 8.15. The van der Waals surface area contributed by atoms with Crippen molar-refractivity contribution in [2.75, 3.05) is 0 Å². The van der Waals surface area contributed by atoms with Crippen LogP contribution in [0, 0.1) is 6.92 Å². The van der Waals surface area contributed by atoms with Crippen LogP contribution in [0.5, 0.6) is 0 Å². The summed E-state index contributed by atoms with van der Waals surface area (Å²) in [5, 5.41) is 1.17. The predicted molar refractivity (Wildman–Crippen MR) is 52.3 cm³/mol. The molecule has 0 spiro atoms. The van der Waals surface area contributed by atoms with Gasteiger partial charge in [-0.05, 0) is 24.6 Å². The molecular weight excluding hydrogens is 148 g/mol. The summed E-state index contributed by atoms with van der Waals surface area (Å²) < 4.78 is 5.20. The molecule has 2 aromatic rings. The fourth-order valence-corrected chi connectivity index (χ4v) is 1.06. The smallest absolute Gasteiger partial charge is 0.134 e. The Morgan fingerprint density at radius 2 is 1.83 bits per heavy atom. The van der Waals surface area contributed by atoms with Crippen LogP contribution >= 0.6 is 0 Å². The van der Waals surface area contributed by atoms with Gasteiger partial charge in [0.05, 0.1) is 6.26 Å². The highest BCUT2D eigenvalue weighted by Gasteiger charge is 1.93. The van der Waals surface area contributed by atoms with Crippen LogP contribution in [0.4, 0.5) is 0 Å². The van der Waals surface area contributed by atoms with Crippen LogP contribution in [0.3, 0.4) is 0 Å². The SMILES string of the molecule is CC.Cc1ccc2ccoc2c1. The van der Waals surface area contributed by atoms with E-state index < -0.39 is 0 Å². The molecule has 1 aromatic heterocycles. The van der Waals surface area contributed by atoms with Crippen LogP contribution in [0.15, 0.2) is 34.9 Å². The van der Waals surface area contributed by atoms with Gasteiger partial charge in [0.1, 0.15) is 5.58 Å². The van der Waals surface area contributed by atoms with E-state index in [9.17, 15) is 0 Å². The number of benzene rings is 1. The second kappa shape index (κ2) is 3.96. The molecule has 1 heteroatoms. The van der Waals surface area contributed by atoms with Crippen LogP contribution in [0.1, 0.15) is 19.4 Å². The first-order valence-corrected chi connectivity index (χ1v) is 4.30. The van der Waals surface area contributed by atoms with Gasteiger partial charge in [-0.25, -0.2) is 0 Å². The molecule has 0 N–H and O–H groups in total. The summed E-state index contributed by atoms with van der Waals surface area (Å²) in [5.41, 5.74) is 2.21. The molecule has 12 heavy (non-hydrogen) atoms. The first-order chi connectivity index (χ1) is 5.86. The molecule has 0 atom stereocenters. The van der Waals surface area contributed by atoms with Gasteiger partial charge in [-0.3, -0.25) is 0 Å². The van der Waals surface area contributed by atoms with Crippen molar-refractivity contribution in [2.45, 2.75) is 20.8 Å². The summed E-state index contributed by atoms with van der Waals surface area (Å²) in [7, 11) is 0. The maximum absolute atomic E-state index is 5.20. The van der Waals surface area contributed by atoms with Gasteiger partial charge < -0.3 is 4.42 Å². The van der Waals surface area contributed by atoms with E-state index in [0.717, 1.165) is 5.58 Å². The van der Waals surface area contributed by atoms with Crippen molar-refractivity contribution in [1.82, 2.24) is 0 Å². The molecule has 0 fully saturated rings. The van der Waals surface area contributed by atoms with E-state index in [2.05, 4.69) is 19.1 Å². The van der Waals surface area contributed by atoms with E-state index >= 15 is 0 Å². The Labute approximate surface area is 73.0 Å². The number of rotatable bonds is 0. The van der Waals surface area contributed by atoms with Crippen molar-refractivity contribution in [1.29, 1.82) is 0 Å². The molecule has 0 unspecified atom stereocenters. The van der Waals surface area contributed by atoms with E-state index in [4.69, 9.17) is 4.42 Å². The van der Waals surface area contributed by atoms with Crippen molar-refractivity contribution in [2.24, 2.45) is 0 Å². The number of furan rings is 1. The van der Waals surface area contributed by atoms with Gasteiger partial charge >= 0.3 is 0 Å². The fraction of sp³-hybridized carbons (Fsp3) is 0.273. The Morgan fingerprint density at radius 3 is 2.58 bits per heavy atom. The second-order valence-electron chi connectivity index (χ2n) is 2.46. The van der Waals surface area contributed by atoms with Gasteiger partial charge in [0, 0.05) is 5.39 Å². The molecule has 64 valence electrons. The lowest BCUT2D eigenvalue weighted by molar-refractivity contribution is 0.615. The lowest BCUT2D eigenvalue weighted by atomic mass is 10.2. The second-order valence-corrected chi connectivity index (χ2v) is 2.46. The Balaban J connectivity index is 0.000000336. The zero-order valence-corrected chi connectivity index (χ0v) is 7.79. The molecule has 1 heterocycles. The molecule has 0 aliphatic rings. The largest absolute Gasteiger partial charge is 0.464 e. The van der Waals surface area contributed by atoms with Crippen molar-refractivity contribution < 1.29 is 4.42 Å². The minimum absolute atomic E-state index is 0.972. The molecule has 0 saturated carbocycles. The maximum atomic E-state index is 5.20. The number of fused-ring (bicyclic) bond motifs is 1. The normalized spacial score (nSPS) is 9.25. The molecule has 0 radical (unpaired) electrons. The monoisotopic (exact) mass is 162 g/mol. The van der Waals surface area contributed by atoms with Gasteiger partial charge in [0.15, 0.2) is 0 Å². The van der Waals surface area contributed by atoms with Gasteiger partial charge in [0.2, 0.25) is 0 Å². The van der Waals surface area contributed by atoms with E-state index in [1.165, 1.54) is 10.9 Å². The fourth-order valence-electron chi connectivity index (χ4n) is 1.06. The van der Waals surface area contributed by atoms with Gasteiger partial charge in [-0.2, -0.15) is 0 Å². The molecule has 0 aliphatic carbocycles. The molecular formula is C11H14O. The Morgan fingerprint density at radius 1 is 1.08 bits per heavy atom. The van der Waals surface area contributed by atoms with Gasteiger partial charge in [0.25, 0.3) is 0 Å².